The Bertz CT molecular complexity index is 832. The lowest BCUT2D eigenvalue weighted by atomic mass is 10.2. The molecule has 0 radical (unpaired) electrons. The number of pyridine rings is 2. The fourth-order valence-electron chi connectivity index (χ4n) is 3.37. The highest BCUT2D eigenvalue weighted by molar-refractivity contribution is 9.10. The highest BCUT2D eigenvalue weighted by Crippen LogP contribution is 2.25. The molecule has 1 aliphatic heterocycles. The van der Waals surface area contributed by atoms with Gasteiger partial charge in [0.15, 0.2) is 0 Å². The Morgan fingerprint density at radius 1 is 1.25 bits per heavy atom. The molecule has 1 aliphatic rings. The van der Waals surface area contributed by atoms with Crippen LogP contribution in [-0.2, 0) is 6.54 Å². The minimum atomic E-state index is 0.537. The highest BCUT2D eigenvalue weighted by atomic mass is 79.9. The van der Waals surface area contributed by atoms with Crippen molar-refractivity contribution in [2.24, 2.45) is 0 Å². The first-order valence-electron chi connectivity index (χ1n) is 8.19. The molecule has 1 unspecified atom stereocenters. The molecule has 0 bridgehead atoms. The van der Waals surface area contributed by atoms with Crippen LogP contribution in [0.5, 0.6) is 0 Å². The van der Waals surface area contributed by atoms with Crippen LogP contribution in [0.3, 0.4) is 0 Å². The first-order chi connectivity index (χ1) is 11.7. The largest absolute Gasteiger partial charge is 0.370 e. The number of nitrogens with zero attached hydrogens (tertiary/aromatic N) is 5. The smallest absolute Gasteiger partial charge is 0.137 e. The van der Waals surface area contributed by atoms with E-state index in [1.54, 1.807) is 0 Å². The third-order valence-electron chi connectivity index (χ3n) is 4.75. The maximum absolute atomic E-state index is 4.75. The van der Waals surface area contributed by atoms with Gasteiger partial charge in [0.1, 0.15) is 10.3 Å². The van der Waals surface area contributed by atoms with E-state index < -0.39 is 0 Å². The van der Waals surface area contributed by atoms with Gasteiger partial charge in [-0.3, -0.25) is 14.3 Å². The summed E-state index contributed by atoms with van der Waals surface area (Å²) in [6.07, 6.45) is 6.93. The zero-order valence-electron chi connectivity index (χ0n) is 13.6. The number of imidazole rings is 1. The Labute approximate surface area is 150 Å². The predicted molar refractivity (Wildman–Crippen MR) is 99.2 cm³/mol. The summed E-state index contributed by atoms with van der Waals surface area (Å²) in [5.41, 5.74) is 3.33. The molecule has 4 heterocycles. The first kappa shape index (κ1) is 15.6. The monoisotopic (exact) mass is 385 g/mol. The van der Waals surface area contributed by atoms with E-state index >= 15 is 0 Å². The lowest BCUT2D eigenvalue weighted by molar-refractivity contribution is 0.247. The summed E-state index contributed by atoms with van der Waals surface area (Å²) in [5.74, 6) is 0. The van der Waals surface area contributed by atoms with Crippen molar-refractivity contribution in [2.45, 2.75) is 19.0 Å². The molecule has 5 nitrogen and oxygen atoms in total. The number of fused-ring (bicyclic) bond motifs is 1. The Balaban J connectivity index is 1.46. The Kier molecular flexibility index (Phi) is 4.24. The predicted octanol–water partition coefficient (Wildman–Crippen LogP) is 3.20. The van der Waals surface area contributed by atoms with E-state index in [2.05, 4.69) is 54.3 Å². The molecule has 6 heteroatoms. The van der Waals surface area contributed by atoms with Crippen LogP contribution in [0.2, 0.25) is 0 Å². The molecule has 124 valence electrons. The van der Waals surface area contributed by atoms with Gasteiger partial charge in [-0.25, -0.2) is 4.98 Å². The van der Waals surface area contributed by atoms with Crippen molar-refractivity contribution in [3.8, 4) is 0 Å². The topological polar surface area (TPSA) is 36.7 Å². The van der Waals surface area contributed by atoms with Gasteiger partial charge in [-0.2, -0.15) is 0 Å². The van der Waals surface area contributed by atoms with E-state index in [4.69, 9.17) is 4.98 Å². The van der Waals surface area contributed by atoms with Crippen LogP contribution in [0, 0.1) is 0 Å². The third kappa shape index (κ3) is 2.91. The van der Waals surface area contributed by atoms with Gasteiger partial charge >= 0.3 is 0 Å². The quantitative estimate of drug-likeness (QED) is 0.690. The fraction of sp³-hybridized carbons (Fsp3) is 0.333. The molecule has 0 aromatic carbocycles. The van der Waals surface area contributed by atoms with Crippen molar-refractivity contribution >= 4 is 27.3 Å². The summed E-state index contributed by atoms with van der Waals surface area (Å²) < 4.78 is 3.13. The maximum Gasteiger partial charge on any atom is 0.137 e. The first-order valence-corrected chi connectivity index (χ1v) is 8.98. The average molecular weight is 386 g/mol. The van der Waals surface area contributed by atoms with Crippen LogP contribution >= 0.6 is 15.9 Å². The minimum Gasteiger partial charge on any atom is -0.370 e. The summed E-state index contributed by atoms with van der Waals surface area (Å²) in [7, 11) is 2.19. The zero-order valence-corrected chi connectivity index (χ0v) is 15.2. The summed E-state index contributed by atoms with van der Waals surface area (Å²) in [5, 5.41) is 0. The van der Waals surface area contributed by atoms with E-state index in [0.29, 0.717) is 6.04 Å². The van der Waals surface area contributed by atoms with Crippen LogP contribution < -0.4 is 4.90 Å². The van der Waals surface area contributed by atoms with Gasteiger partial charge in [-0.1, -0.05) is 6.07 Å². The van der Waals surface area contributed by atoms with Crippen molar-refractivity contribution in [1.29, 1.82) is 0 Å². The normalized spacial score (nSPS) is 18.0. The molecule has 1 fully saturated rings. The van der Waals surface area contributed by atoms with Gasteiger partial charge in [0.05, 0.1) is 5.69 Å². The Hall–Kier alpha value is -1.92. The molecular formula is C18H20BrN5. The SMILES string of the molecule is CN(Cc1nc2ccccn2c1Br)C1CCN(c2ccncc2)C1. The van der Waals surface area contributed by atoms with Crippen LogP contribution in [0.25, 0.3) is 5.65 Å². The minimum absolute atomic E-state index is 0.537. The van der Waals surface area contributed by atoms with Crippen molar-refractivity contribution in [2.75, 3.05) is 25.0 Å². The van der Waals surface area contributed by atoms with Crippen LogP contribution in [-0.4, -0.2) is 45.4 Å². The number of rotatable bonds is 4. The zero-order chi connectivity index (χ0) is 16.5. The molecule has 0 amide bonds. The van der Waals surface area contributed by atoms with Gasteiger partial charge in [0, 0.05) is 50.0 Å². The van der Waals surface area contributed by atoms with E-state index in [1.807, 2.05) is 36.8 Å². The second-order valence-electron chi connectivity index (χ2n) is 6.29. The lowest BCUT2D eigenvalue weighted by Gasteiger charge is -2.24. The van der Waals surface area contributed by atoms with E-state index in [0.717, 1.165) is 35.6 Å². The summed E-state index contributed by atoms with van der Waals surface area (Å²) in [4.78, 5) is 13.7. The number of halogens is 1. The third-order valence-corrected chi connectivity index (χ3v) is 5.59. The summed E-state index contributed by atoms with van der Waals surface area (Å²) >= 11 is 3.69. The Morgan fingerprint density at radius 2 is 2.08 bits per heavy atom. The second kappa shape index (κ2) is 6.53. The molecule has 4 rings (SSSR count). The van der Waals surface area contributed by atoms with Crippen LogP contribution in [0.4, 0.5) is 5.69 Å². The fourth-order valence-corrected chi connectivity index (χ4v) is 3.89. The molecule has 0 N–H and O–H groups in total. The molecular weight excluding hydrogens is 366 g/mol. The molecule has 0 aliphatic carbocycles. The van der Waals surface area contributed by atoms with Crippen molar-refractivity contribution < 1.29 is 0 Å². The molecule has 0 spiro atoms. The van der Waals surface area contributed by atoms with E-state index in [9.17, 15) is 0 Å². The molecule has 0 saturated carbocycles. The van der Waals surface area contributed by atoms with Gasteiger partial charge in [-0.15, -0.1) is 0 Å². The number of aromatic nitrogens is 3. The molecule has 24 heavy (non-hydrogen) atoms. The second-order valence-corrected chi connectivity index (χ2v) is 7.04. The number of anilines is 1. The Morgan fingerprint density at radius 3 is 2.88 bits per heavy atom. The standard InChI is InChI=1S/C18H20BrN5/c1-22(13-16-18(19)24-10-3-2-4-17(24)21-16)15-7-11-23(12-15)14-5-8-20-9-6-14/h2-6,8-10,15H,7,11-13H2,1H3. The number of likely N-dealkylation sites (N-methyl/N-ethyl adjacent to an activating group) is 1. The van der Waals surface area contributed by atoms with Gasteiger partial charge in [0.2, 0.25) is 0 Å². The molecule has 3 aromatic rings. The average Bonchev–Trinajstić information content (AvgIpc) is 3.22. The number of hydrogen-bond acceptors (Lipinski definition) is 4. The number of hydrogen-bond donors (Lipinski definition) is 0. The molecule has 1 atom stereocenters. The maximum atomic E-state index is 4.75. The highest BCUT2D eigenvalue weighted by Gasteiger charge is 2.26. The van der Waals surface area contributed by atoms with Gasteiger partial charge < -0.3 is 4.90 Å². The van der Waals surface area contributed by atoms with Gasteiger partial charge in [-0.05, 0) is 53.7 Å². The van der Waals surface area contributed by atoms with Gasteiger partial charge in [0.25, 0.3) is 0 Å². The van der Waals surface area contributed by atoms with Crippen molar-refractivity contribution in [3.05, 3.63) is 59.2 Å². The van der Waals surface area contributed by atoms with E-state index in [-0.39, 0.29) is 0 Å². The van der Waals surface area contributed by atoms with E-state index in [1.165, 1.54) is 12.1 Å². The van der Waals surface area contributed by atoms with Crippen LogP contribution in [0.1, 0.15) is 12.1 Å². The molecule has 1 saturated heterocycles. The molecule has 3 aromatic heterocycles. The lowest BCUT2D eigenvalue weighted by Crippen LogP contribution is -2.34. The summed E-state index contributed by atoms with van der Waals surface area (Å²) in [6, 6.07) is 10.8. The summed E-state index contributed by atoms with van der Waals surface area (Å²) in [6.45, 7) is 2.98. The van der Waals surface area contributed by atoms with Crippen LogP contribution in [0.15, 0.2) is 53.5 Å². The van der Waals surface area contributed by atoms with Crippen molar-refractivity contribution in [3.63, 3.8) is 0 Å². The van der Waals surface area contributed by atoms with Crippen molar-refractivity contribution in [1.82, 2.24) is 19.3 Å².